The Morgan fingerprint density at radius 1 is 1.18 bits per heavy atom. The summed E-state index contributed by atoms with van der Waals surface area (Å²) >= 11 is 14.4. The number of halogens is 3. The van der Waals surface area contributed by atoms with Crippen LogP contribution in [0.2, 0.25) is 5.02 Å². The zero-order valence-electron chi connectivity index (χ0n) is 8.66. The van der Waals surface area contributed by atoms with Crippen LogP contribution in [-0.2, 0) is 5.75 Å². The van der Waals surface area contributed by atoms with Gasteiger partial charge in [0.05, 0.1) is 4.47 Å². The van der Waals surface area contributed by atoms with E-state index in [-0.39, 0.29) is 0 Å². The van der Waals surface area contributed by atoms with E-state index in [4.69, 9.17) is 11.6 Å². The summed E-state index contributed by atoms with van der Waals surface area (Å²) in [6.45, 7) is 0. The summed E-state index contributed by atoms with van der Waals surface area (Å²) in [5.41, 5.74) is 1.23. The van der Waals surface area contributed by atoms with Crippen molar-refractivity contribution < 1.29 is 0 Å². The van der Waals surface area contributed by atoms with E-state index < -0.39 is 0 Å². The van der Waals surface area contributed by atoms with Crippen molar-refractivity contribution >= 4 is 55.2 Å². The number of aromatic nitrogens is 1. The fraction of sp³-hybridized carbons (Fsp3) is 0.0833. The van der Waals surface area contributed by atoms with Gasteiger partial charge in [0.2, 0.25) is 0 Å². The lowest BCUT2D eigenvalue weighted by atomic mass is 10.2. The summed E-state index contributed by atoms with van der Waals surface area (Å²) in [5, 5.41) is 1.75. The highest BCUT2D eigenvalue weighted by Crippen LogP contribution is 2.30. The number of rotatable bonds is 3. The van der Waals surface area contributed by atoms with Crippen molar-refractivity contribution in [3.8, 4) is 0 Å². The smallest absolute Gasteiger partial charge is 0.111 e. The van der Waals surface area contributed by atoms with E-state index in [1.807, 2.05) is 30.3 Å². The Bertz CT molecular complexity index is 516. The molecule has 0 amide bonds. The molecule has 2 aromatic rings. The minimum absolute atomic E-state index is 0.765. The highest BCUT2D eigenvalue weighted by atomic mass is 79.9. The average Bonchev–Trinajstić information content (AvgIpc) is 2.30. The molecule has 0 radical (unpaired) electrons. The third-order valence-corrected chi connectivity index (χ3v) is 4.69. The van der Waals surface area contributed by atoms with Crippen LogP contribution in [0.15, 0.2) is 50.5 Å². The standard InChI is InChI=1S/C12H8Br2ClNS/c13-9-5-11(14)12(16-6-9)17-7-8-1-3-10(15)4-2-8/h1-6H,7H2. The molecule has 0 aliphatic carbocycles. The summed E-state index contributed by atoms with van der Waals surface area (Å²) in [6, 6.07) is 9.87. The second kappa shape index (κ2) is 6.23. The summed E-state index contributed by atoms with van der Waals surface area (Å²) in [7, 11) is 0. The fourth-order valence-corrected chi connectivity index (χ4v) is 3.52. The maximum atomic E-state index is 5.84. The predicted octanol–water partition coefficient (Wildman–Crippen LogP) is 5.55. The first-order valence-electron chi connectivity index (χ1n) is 4.83. The summed E-state index contributed by atoms with van der Waals surface area (Å²) in [4.78, 5) is 4.35. The zero-order chi connectivity index (χ0) is 12.3. The molecule has 5 heteroatoms. The Hall–Kier alpha value is -0.0300. The molecule has 0 spiro atoms. The number of nitrogens with zero attached hydrogens (tertiary/aromatic N) is 1. The fourth-order valence-electron chi connectivity index (χ4n) is 1.24. The van der Waals surface area contributed by atoms with Gasteiger partial charge < -0.3 is 0 Å². The molecule has 1 aromatic heterocycles. The first-order valence-corrected chi connectivity index (χ1v) is 7.78. The van der Waals surface area contributed by atoms with Crippen molar-refractivity contribution in [1.82, 2.24) is 4.98 Å². The number of benzene rings is 1. The summed E-state index contributed by atoms with van der Waals surface area (Å²) in [6.07, 6.45) is 1.80. The van der Waals surface area contributed by atoms with Crippen molar-refractivity contribution in [3.63, 3.8) is 0 Å². The maximum absolute atomic E-state index is 5.84. The largest absolute Gasteiger partial charge is 0.248 e. The lowest BCUT2D eigenvalue weighted by Crippen LogP contribution is -1.84. The van der Waals surface area contributed by atoms with Gasteiger partial charge in [0.15, 0.2) is 0 Å². The van der Waals surface area contributed by atoms with Gasteiger partial charge in [-0.15, -0.1) is 11.8 Å². The molecule has 0 saturated heterocycles. The molecule has 0 aliphatic heterocycles. The van der Waals surface area contributed by atoms with Gasteiger partial charge in [0, 0.05) is 21.4 Å². The van der Waals surface area contributed by atoms with Crippen LogP contribution in [0.5, 0.6) is 0 Å². The van der Waals surface area contributed by atoms with Gasteiger partial charge in [-0.2, -0.15) is 0 Å². The molecule has 0 aliphatic rings. The number of thioether (sulfide) groups is 1. The maximum Gasteiger partial charge on any atom is 0.111 e. The molecule has 1 heterocycles. The molecular weight excluding hydrogens is 385 g/mol. The van der Waals surface area contributed by atoms with Gasteiger partial charge in [0.25, 0.3) is 0 Å². The van der Waals surface area contributed by atoms with Gasteiger partial charge >= 0.3 is 0 Å². The van der Waals surface area contributed by atoms with E-state index >= 15 is 0 Å². The molecule has 88 valence electrons. The SMILES string of the molecule is Clc1ccc(CSc2ncc(Br)cc2Br)cc1. The van der Waals surface area contributed by atoms with Crippen LogP contribution < -0.4 is 0 Å². The minimum Gasteiger partial charge on any atom is -0.248 e. The Balaban J connectivity index is 2.04. The second-order valence-electron chi connectivity index (χ2n) is 3.36. The quantitative estimate of drug-likeness (QED) is 0.634. The van der Waals surface area contributed by atoms with Gasteiger partial charge in [-0.25, -0.2) is 4.98 Å². The molecule has 0 atom stereocenters. The van der Waals surface area contributed by atoms with Crippen molar-refractivity contribution in [2.24, 2.45) is 0 Å². The highest BCUT2D eigenvalue weighted by molar-refractivity contribution is 9.11. The van der Waals surface area contributed by atoms with Crippen LogP contribution in [0, 0.1) is 0 Å². The van der Waals surface area contributed by atoms with Gasteiger partial charge in [-0.3, -0.25) is 0 Å². The van der Waals surface area contributed by atoms with Crippen LogP contribution in [0.4, 0.5) is 0 Å². The van der Waals surface area contributed by atoms with Crippen molar-refractivity contribution in [1.29, 1.82) is 0 Å². The Labute approximate surface area is 126 Å². The topological polar surface area (TPSA) is 12.9 Å². The first kappa shape index (κ1) is 13.4. The molecule has 1 nitrogen and oxygen atoms in total. The molecular formula is C12H8Br2ClNS. The number of pyridine rings is 1. The number of hydrogen-bond acceptors (Lipinski definition) is 2. The highest BCUT2D eigenvalue weighted by Gasteiger charge is 2.03. The van der Waals surface area contributed by atoms with Crippen LogP contribution in [-0.4, -0.2) is 4.98 Å². The lowest BCUT2D eigenvalue weighted by molar-refractivity contribution is 1.10. The predicted molar refractivity (Wildman–Crippen MR) is 80.7 cm³/mol. The third-order valence-electron chi connectivity index (χ3n) is 2.06. The van der Waals surface area contributed by atoms with E-state index in [9.17, 15) is 0 Å². The van der Waals surface area contributed by atoms with E-state index in [0.29, 0.717) is 0 Å². The van der Waals surface area contributed by atoms with Crippen molar-refractivity contribution in [3.05, 3.63) is 56.1 Å². The van der Waals surface area contributed by atoms with E-state index in [0.717, 1.165) is 24.7 Å². The second-order valence-corrected chi connectivity index (χ2v) is 6.53. The molecule has 0 unspecified atom stereocenters. The number of hydrogen-bond donors (Lipinski definition) is 0. The molecule has 0 N–H and O–H groups in total. The van der Waals surface area contributed by atoms with Gasteiger partial charge in [0.1, 0.15) is 5.03 Å². The Morgan fingerprint density at radius 3 is 2.53 bits per heavy atom. The molecule has 1 aromatic carbocycles. The normalized spacial score (nSPS) is 10.5. The van der Waals surface area contributed by atoms with Crippen molar-refractivity contribution in [2.45, 2.75) is 10.8 Å². The van der Waals surface area contributed by atoms with Crippen LogP contribution in [0.1, 0.15) is 5.56 Å². The summed E-state index contributed by atoms with van der Waals surface area (Å²) < 4.78 is 1.98. The third kappa shape index (κ3) is 3.98. The lowest BCUT2D eigenvalue weighted by Gasteiger charge is -2.04. The molecule has 0 bridgehead atoms. The Kier molecular flexibility index (Phi) is 4.91. The van der Waals surface area contributed by atoms with Gasteiger partial charge in [-0.1, -0.05) is 23.7 Å². The van der Waals surface area contributed by atoms with E-state index in [1.165, 1.54) is 5.56 Å². The molecule has 0 fully saturated rings. The van der Waals surface area contributed by atoms with Crippen molar-refractivity contribution in [2.75, 3.05) is 0 Å². The monoisotopic (exact) mass is 391 g/mol. The molecule has 0 saturated carbocycles. The Morgan fingerprint density at radius 2 is 1.88 bits per heavy atom. The van der Waals surface area contributed by atoms with Crippen LogP contribution in [0.3, 0.4) is 0 Å². The van der Waals surface area contributed by atoms with E-state index in [1.54, 1.807) is 18.0 Å². The molecule has 2 rings (SSSR count). The molecule has 17 heavy (non-hydrogen) atoms. The van der Waals surface area contributed by atoms with Crippen LogP contribution in [0.25, 0.3) is 0 Å². The zero-order valence-corrected chi connectivity index (χ0v) is 13.4. The first-order chi connectivity index (χ1) is 8.15. The van der Waals surface area contributed by atoms with Gasteiger partial charge in [-0.05, 0) is 55.6 Å². The average molecular weight is 394 g/mol. The van der Waals surface area contributed by atoms with E-state index in [2.05, 4.69) is 36.8 Å². The summed E-state index contributed by atoms with van der Waals surface area (Å²) in [5.74, 6) is 0.879. The van der Waals surface area contributed by atoms with Crippen LogP contribution >= 0.6 is 55.2 Å². The minimum atomic E-state index is 0.765.